The van der Waals surface area contributed by atoms with E-state index in [-0.39, 0.29) is 23.7 Å². The average molecular weight is 641 g/mol. The highest BCUT2D eigenvalue weighted by Gasteiger charge is 2.40. The van der Waals surface area contributed by atoms with Crippen molar-refractivity contribution < 1.29 is 20.4 Å². The van der Waals surface area contributed by atoms with Crippen molar-refractivity contribution in [2.24, 2.45) is 0 Å². The van der Waals surface area contributed by atoms with Gasteiger partial charge in [-0.1, -0.05) is 61.4 Å². The summed E-state index contributed by atoms with van der Waals surface area (Å²) in [6.07, 6.45) is 15.4. The van der Waals surface area contributed by atoms with Gasteiger partial charge in [0.2, 0.25) is 0 Å². The molecule has 248 valence electrons. The van der Waals surface area contributed by atoms with Gasteiger partial charge in [0.25, 0.3) is 0 Å². The largest absolute Gasteiger partial charge is 0.507 e. The zero-order valence-electron chi connectivity index (χ0n) is 28.0. The van der Waals surface area contributed by atoms with Crippen LogP contribution in [0.4, 0.5) is 0 Å². The molecule has 4 N–H and O–H groups in total. The Balaban J connectivity index is 1.32. The number of phenolic OH excluding ortho intramolecular Hbond substituents is 4. The fourth-order valence-corrected chi connectivity index (χ4v) is 9.97. The number of rotatable bonds is 0. The van der Waals surface area contributed by atoms with Crippen LogP contribution in [0.1, 0.15) is 155 Å². The molecule has 4 aromatic rings. The van der Waals surface area contributed by atoms with E-state index in [9.17, 15) is 20.4 Å². The maximum atomic E-state index is 12.0. The molecule has 4 aromatic carbocycles. The summed E-state index contributed by atoms with van der Waals surface area (Å²) in [6, 6.07) is 17.8. The van der Waals surface area contributed by atoms with Crippen molar-refractivity contribution in [1.82, 2.24) is 0 Å². The van der Waals surface area contributed by atoms with Crippen LogP contribution < -0.4 is 0 Å². The normalized spacial score (nSPS) is 24.5. The van der Waals surface area contributed by atoms with Crippen LogP contribution in [0.2, 0.25) is 0 Å². The molecule has 5 aliphatic rings. The van der Waals surface area contributed by atoms with Crippen molar-refractivity contribution in [3.8, 4) is 23.0 Å². The number of fused-ring (bicyclic) bond motifs is 8. The topological polar surface area (TPSA) is 80.9 Å². The highest BCUT2D eigenvalue weighted by Crippen LogP contribution is 2.57. The molecular weight excluding hydrogens is 592 g/mol. The summed E-state index contributed by atoms with van der Waals surface area (Å²) in [5.74, 6) is 1.97. The molecule has 0 aromatic heterocycles. The number of hydrogen-bond donors (Lipinski definition) is 4. The number of phenols is 4. The molecule has 9 rings (SSSR count). The van der Waals surface area contributed by atoms with E-state index >= 15 is 0 Å². The second-order valence-electron chi connectivity index (χ2n) is 15.8. The molecule has 4 heteroatoms. The van der Waals surface area contributed by atoms with Gasteiger partial charge in [0.15, 0.2) is 0 Å². The molecule has 0 amide bonds. The molecule has 12 bridgehead atoms. The van der Waals surface area contributed by atoms with E-state index in [1.165, 1.54) is 22.3 Å². The molecule has 4 unspecified atom stereocenters. The summed E-state index contributed by atoms with van der Waals surface area (Å²) in [7, 11) is 0. The summed E-state index contributed by atoms with van der Waals surface area (Å²) in [4.78, 5) is 0. The maximum absolute atomic E-state index is 12.0. The molecule has 2 fully saturated rings. The zero-order valence-corrected chi connectivity index (χ0v) is 28.0. The van der Waals surface area contributed by atoms with Crippen molar-refractivity contribution in [1.29, 1.82) is 0 Å². The van der Waals surface area contributed by atoms with Crippen molar-refractivity contribution in [2.45, 2.75) is 126 Å². The molecule has 48 heavy (non-hydrogen) atoms. The summed E-state index contributed by atoms with van der Waals surface area (Å²) >= 11 is 0. The van der Waals surface area contributed by atoms with Crippen LogP contribution in [-0.2, 0) is 38.5 Å². The van der Waals surface area contributed by atoms with Crippen LogP contribution in [0.5, 0.6) is 23.0 Å². The van der Waals surface area contributed by atoms with Gasteiger partial charge in [0, 0.05) is 12.8 Å². The summed E-state index contributed by atoms with van der Waals surface area (Å²) in [5.41, 5.74) is 12.7. The van der Waals surface area contributed by atoms with Gasteiger partial charge in [-0.05, 0) is 167 Å². The van der Waals surface area contributed by atoms with Gasteiger partial charge in [-0.15, -0.1) is 0 Å². The Labute approximate surface area is 284 Å². The molecule has 5 aliphatic carbocycles. The van der Waals surface area contributed by atoms with Crippen LogP contribution in [-0.4, -0.2) is 20.4 Å². The van der Waals surface area contributed by atoms with Crippen molar-refractivity contribution in [3.63, 3.8) is 0 Å². The third kappa shape index (κ3) is 5.09. The predicted molar refractivity (Wildman–Crippen MR) is 190 cm³/mol. The molecule has 0 spiro atoms. The molecule has 0 heterocycles. The summed E-state index contributed by atoms with van der Waals surface area (Å²) < 4.78 is 0. The number of aromatic hydroxyl groups is 4. The van der Waals surface area contributed by atoms with Gasteiger partial charge < -0.3 is 20.4 Å². The second kappa shape index (κ2) is 11.9. The monoisotopic (exact) mass is 640 g/mol. The van der Waals surface area contributed by atoms with Gasteiger partial charge >= 0.3 is 0 Å². The number of hydrogen-bond acceptors (Lipinski definition) is 4. The standard InChI is InChI=1S/C44H48O4/c45-41-29-15-25-7-3-1-4-8-26-16-30(42(46)38(20-26)34-12-11-33(34)37(41)19-25)24-32-18-28-10-6-2-5-9-27-17-31(23-29)43(47)39(21-27)35-13-14-36(35)40(22-28)44(32)48/h15-22,33-36,45-48H,1-14,23-24H2. The minimum absolute atomic E-state index is 0.126. The van der Waals surface area contributed by atoms with Crippen molar-refractivity contribution >= 4 is 0 Å². The third-order valence-corrected chi connectivity index (χ3v) is 12.9. The molecule has 4 nitrogen and oxygen atoms in total. The Kier molecular flexibility index (Phi) is 7.47. The fourth-order valence-electron chi connectivity index (χ4n) is 9.97. The van der Waals surface area contributed by atoms with E-state index in [1.54, 1.807) is 0 Å². The van der Waals surface area contributed by atoms with E-state index in [0.717, 1.165) is 134 Å². The summed E-state index contributed by atoms with van der Waals surface area (Å²) in [5, 5.41) is 48.2. The minimum atomic E-state index is 0.126. The zero-order chi connectivity index (χ0) is 32.5. The maximum Gasteiger partial charge on any atom is 0.122 e. The SMILES string of the molecule is Oc1c2cc3cc1C1CCC1c1cc(cc(c1O)Cc1cc4cc(c1O)C1CCC1c1cc(cc(c1O)C2)CCCCC4)CCCCC3. The lowest BCUT2D eigenvalue weighted by molar-refractivity contribution is 0.320. The van der Waals surface area contributed by atoms with Gasteiger partial charge in [0.1, 0.15) is 23.0 Å². The lowest BCUT2D eigenvalue weighted by atomic mass is 9.65. The van der Waals surface area contributed by atoms with Crippen LogP contribution in [0.3, 0.4) is 0 Å². The van der Waals surface area contributed by atoms with Crippen molar-refractivity contribution in [3.05, 3.63) is 115 Å². The first-order valence-corrected chi connectivity index (χ1v) is 18.8. The highest BCUT2D eigenvalue weighted by molar-refractivity contribution is 5.58. The summed E-state index contributed by atoms with van der Waals surface area (Å²) in [6.45, 7) is 0. The average Bonchev–Trinajstić information content (AvgIpc) is 3.03. The number of benzene rings is 4. The van der Waals surface area contributed by atoms with Gasteiger partial charge in [0.05, 0.1) is 0 Å². The Hall–Kier alpha value is -3.92. The van der Waals surface area contributed by atoms with E-state index in [4.69, 9.17) is 0 Å². The lowest BCUT2D eigenvalue weighted by Gasteiger charge is -2.40. The Morgan fingerprint density at radius 2 is 0.583 bits per heavy atom. The lowest BCUT2D eigenvalue weighted by Crippen LogP contribution is -2.24. The third-order valence-electron chi connectivity index (χ3n) is 12.9. The van der Waals surface area contributed by atoms with Crippen LogP contribution in [0.15, 0.2) is 48.5 Å². The van der Waals surface area contributed by atoms with Gasteiger partial charge in [-0.3, -0.25) is 0 Å². The predicted octanol–water partition coefficient (Wildman–Crippen LogP) is 9.86. The first kappa shape index (κ1) is 30.2. The molecule has 0 saturated heterocycles. The minimum Gasteiger partial charge on any atom is -0.507 e. The molecule has 2 saturated carbocycles. The first-order valence-electron chi connectivity index (χ1n) is 18.8. The van der Waals surface area contributed by atoms with Crippen LogP contribution >= 0.6 is 0 Å². The van der Waals surface area contributed by atoms with Gasteiger partial charge in [-0.25, -0.2) is 0 Å². The fraction of sp³-hybridized carbons (Fsp3) is 0.455. The molecule has 0 radical (unpaired) electrons. The Morgan fingerprint density at radius 1 is 0.333 bits per heavy atom. The van der Waals surface area contributed by atoms with E-state index < -0.39 is 0 Å². The van der Waals surface area contributed by atoms with Crippen LogP contribution in [0.25, 0.3) is 0 Å². The van der Waals surface area contributed by atoms with E-state index in [1.807, 2.05) is 0 Å². The molecular formula is C44H48O4. The Bertz CT molecular complexity index is 1650. The Morgan fingerprint density at radius 3 is 0.812 bits per heavy atom. The second-order valence-corrected chi connectivity index (χ2v) is 15.8. The number of aryl methyl sites for hydroxylation is 4. The molecule has 4 atom stereocenters. The quantitative estimate of drug-likeness (QED) is 0.154. The highest BCUT2D eigenvalue weighted by atomic mass is 16.3. The van der Waals surface area contributed by atoms with Gasteiger partial charge in [-0.2, -0.15) is 0 Å². The van der Waals surface area contributed by atoms with E-state index in [2.05, 4.69) is 48.5 Å². The smallest absolute Gasteiger partial charge is 0.122 e. The molecule has 0 aliphatic heterocycles. The first-order chi connectivity index (χ1) is 23.4. The van der Waals surface area contributed by atoms with Crippen LogP contribution in [0, 0.1) is 0 Å². The van der Waals surface area contributed by atoms with Crippen molar-refractivity contribution in [2.75, 3.05) is 0 Å². The van der Waals surface area contributed by atoms with E-state index in [0.29, 0.717) is 35.8 Å².